The smallest absolute Gasteiger partial charge is 0.256 e. The highest BCUT2D eigenvalue weighted by Gasteiger charge is 2.46. The maximum atomic E-state index is 13.8. The van der Waals surface area contributed by atoms with Crippen LogP contribution in [0.3, 0.4) is 0 Å². The Labute approximate surface area is 124 Å². The number of methoxy groups -OCH3 is 1. The average molecular weight is 292 g/mol. The molecular formula is C16H21FN2O2. The Morgan fingerprint density at radius 2 is 2.29 bits per heavy atom. The Morgan fingerprint density at radius 3 is 3.05 bits per heavy atom. The fraction of sp³-hybridized carbons (Fsp3) is 0.625. The molecule has 1 spiro atoms. The van der Waals surface area contributed by atoms with Gasteiger partial charge in [-0.05, 0) is 31.7 Å². The number of carbonyl (C=O) groups excluding carboxylic acids is 1. The van der Waals surface area contributed by atoms with E-state index in [1.54, 1.807) is 12.0 Å². The molecule has 1 amide bonds. The van der Waals surface area contributed by atoms with Crippen LogP contribution in [0.25, 0.3) is 0 Å². The van der Waals surface area contributed by atoms with Crippen molar-refractivity contribution in [3.05, 3.63) is 29.8 Å². The number of carbonyl (C=O) groups is 1. The molecule has 5 heteroatoms. The minimum absolute atomic E-state index is 0.0617. The number of likely N-dealkylation sites (tertiary alicyclic amines) is 1. The van der Waals surface area contributed by atoms with Crippen molar-refractivity contribution in [3.8, 4) is 0 Å². The molecule has 2 atom stereocenters. The van der Waals surface area contributed by atoms with Crippen LogP contribution < -0.4 is 0 Å². The lowest BCUT2D eigenvalue weighted by Crippen LogP contribution is -2.50. The summed E-state index contributed by atoms with van der Waals surface area (Å²) in [5.74, 6) is -0.771. The van der Waals surface area contributed by atoms with Crippen molar-refractivity contribution in [2.24, 2.45) is 5.41 Å². The van der Waals surface area contributed by atoms with E-state index >= 15 is 0 Å². The third-order valence-corrected chi connectivity index (χ3v) is 5.01. The standard InChI is InChI=1S/C16H21FN2O2/c1-21-14-4-2-6-16(14)7-3-9-19(11-16)15(20)12-5-8-18-10-13(12)17/h5,8,10,14H,2-4,6-7,9,11H2,1H3/t14-,16+/m1/s1. The van der Waals surface area contributed by atoms with E-state index in [9.17, 15) is 9.18 Å². The largest absolute Gasteiger partial charge is 0.381 e. The molecule has 1 aliphatic carbocycles. The van der Waals surface area contributed by atoms with E-state index in [2.05, 4.69) is 4.98 Å². The van der Waals surface area contributed by atoms with Crippen LogP contribution in [0.5, 0.6) is 0 Å². The Bertz CT molecular complexity index is 537. The van der Waals surface area contributed by atoms with Gasteiger partial charge in [-0.15, -0.1) is 0 Å². The molecule has 0 bridgehead atoms. The monoisotopic (exact) mass is 292 g/mol. The number of hydrogen-bond acceptors (Lipinski definition) is 3. The van der Waals surface area contributed by atoms with E-state index < -0.39 is 5.82 Å². The first-order valence-corrected chi connectivity index (χ1v) is 7.58. The number of rotatable bonds is 2. The zero-order chi connectivity index (χ0) is 14.9. The van der Waals surface area contributed by atoms with Gasteiger partial charge in [-0.2, -0.15) is 0 Å². The van der Waals surface area contributed by atoms with Crippen molar-refractivity contribution in [2.75, 3.05) is 20.2 Å². The van der Waals surface area contributed by atoms with Crippen LogP contribution in [-0.4, -0.2) is 42.1 Å². The van der Waals surface area contributed by atoms with Crippen LogP contribution in [-0.2, 0) is 4.74 Å². The van der Waals surface area contributed by atoms with E-state index in [1.807, 2.05) is 0 Å². The van der Waals surface area contributed by atoms with Crippen LogP contribution in [0.1, 0.15) is 42.5 Å². The van der Waals surface area contributed by atoms with Crippen LogP contribution >= 0.6 is 0 Å². The summed E-state index contributed by atoms with van der Waals surface area (Å²) in [5.41, 5.74) is 0.181. The van der Waals surface area contributed by atoms with Crippen molar-refractivity contribution in [3.63, 3.8) is 0 Å². The van der Waals surface area contributed by atoms with Crippen molar-refractivity contribution in [1.29, 1.82) is 0 Å². The normalized spacial score (nSPS) is 29.0. The van der Waals surface area contributed by atoms with Crippen molar-refractivity contribution < 1.29 is 13.9 Å². The zero-order valence-corrected chi connectivity index (χ0v) is 12.3. The van der Waals surface area contributed by atoms with Gasteiger partial charge in [0.15, 0.2) is 5.82 Å². The van der Waals surface area contributed by atoms with Gasteiger partial charge in [0.25, 0.3) is 5.91 Å². The SMILES string of the molecule is CO[C@@H]1CCC[C@@]12CCCN(C(=O)c1ccncc1F)C2. The second kappa shape index (κ2) is 5.72. The van der Waals surface area contributed by atoms with Gasteiger partial charge in [-0.25, -0.2) is 4.39 Å². The van der Waals surface area contributed by atoms with Gasteiger partial charge in [0.05, 0.1) is 17.9 Å². The van der Waals surface area contributed by atoms with Crippen LogP contribution in [0, 0.1) is 11.2 Å². The zero-order valence-electron chi connectivity index (χ0n) is 12.3. The highest BCUT2D eigenvalue weighted by molar-refractivity contribution is 5.94. The van der Waals surface area contributed by atoms with Gasteiger partial charge in [0, 0.05) is 31.8 Å². The number of amides is 1. The Balaban J connectivity index is 1.80. The summed E-state index contributed by atoms with van der Waals surface area (Å²) in [5, 5.41) is 0. The maximum Gasteiger partial charge on any atom is 0.256 e. The first kappa shape index (κ1) is 14.4. The molecule has 0 radical (unpaired) electrons. The molecule has 4 nitrogen and oxygen atoms in total. The summed E-state index contributed by atoms with van der Waals surface area (Å²) in [6.07, 6.45) is 8.12. The van der Waals surface area contributed by atoms with E-state index in [0.717, 1.165) is 38.3 Å². The Kier molecular flexibility index (Phi) is 3.93. The predicted octanol–water partition coefficient (Wildman–Crippen LogP) is 2.64. The molecule has 1 aliphatic heterocycles. The van der Waals surface area contributed by atoms with Gasteiger partial charge in [-0.1, -0.05) is 6.42 Å². The number of hydrogen-bond donors (Lipinski definition) is 0. The second-order valence-corrected chi connectivity index (χ2v) is 6.16. The number of piperidine rings is 1. The molecule has 0 aromatic carbocycles. The minimum Gasteiger partial charge on any atom is -0.381 e. The third kappa shape index (κ3) is 2.55. The summed E-state index contributed by atoms with van der Waals surface area (Å²) in [6, 6.07) is 1.46. The molecule has 2 fully saturated rings. The molecular weight excluding hydrogens is 271 g/mol. The summed E-state index contributed by atoms with van der Waals surface area (Å²) < 4.78 is 19.4. The minimum atomic E-state index is -0.545. The molecule has 0 N–H and O–H groups in total. The molecule has 1 saturated carbocycles. The fourth-order valence-corrected chi connectivity index (χ4v) is 3.99. The molecule has 3 rings (SSSR count). The summed E-state index contributed by atoms with van der Waals surface area (Å²) in [6.45, 7) is 1.37. The summed E-state index contributed by atoms with van der Waals surface area (Å²) in [7, 11) is 1.75. The van der Waals surface area contributed by atoms with E-state index in [-0.39, 0.29) is 23.0 Å². The quantitative estimate of drug-likeness (QED) is 0.841. The first-order chi connectivity index (χ1) is 10.2. The molecule has 1 saturated heterocycles. The predicted molar refractivity (Wildman–Crippen MR) is 76.4 cm³/mol. The fourth-order valence-electron chi connectivity index (χ4n) is 3.99. The lowest BCUT2D eigenvalue weighted by molar-refractivity contribution is -0.0296. The molecule has 1 aromatic rings. The van der Waals surface area contributed by atoms with Crippen LogP contribution in [0.4, 0.5) is 4.39 Å². The van der Waals surface area contributed by atoms with Crippen molar-refractivity contribution >= 4 is 5.91 Å². The number of aromatic nitrogens is 1. The number of pyridine rings is 1. The lowest BCUT2D eigenvalue weighted by Gasteiger charge is -2.43. The van der Waals surface area contributed by atoms with Crippen molar-refractivity contribution in [1.82, 2.24) is 9.88 Å². The Morgan fingerprint density at radius 1 is 1.48 bits per heavy atom. The third-order valence-electron chi connectivity index (χ3n) is 5.01. The molecule has 2 heterocycles. The first-order valence-electron chi connectivity index (χ1n) is 7.58. The van der Waals surface area contributed by atoms with Gasteiger partial charge < -0.3 is 9.64 Å². The topological polar surface area (TPSA) is 42.4 Å². The van der Waals surface area contributed by atoms with Gasteiger partial charge in [0.1, 0.15) is 0 Å². The number of halogens is 1. The van der Waals surface area contributed by atoms with Crippen LogP contribution in [0.15, 0.2) is 18.5 Å². The Hall–Kier alpha value is -1.49. The highest BCUT2D eigenvalue weighted by atomic mass is 19.1. The van der Waals surface area contributed by atoms with Crippen LogP contribution in [0.2, 0.25) is 0 Å². The number of ether oxygens (including phenoxy) is 1. The average Bonchev–Trinajstić information content (AvgIpc) is 2.89. The summed E-state index contributed by atoms with van der Waals surface area (Å²) >= 11 is 0. The van der Waals surface area contributed by atoms with E-state index in [4.69, 9.17) is 4.74 Å². The maximum absolute atomic E-state index is 13.8. The molecule has 21 heavy (non-hydrogen) atoms. The molecule has 114 valence electrons. The second-order valence-electron chi connectivity index (χ2n) is 6.16. The highest BCUT2D eigenvalue weighted by Crippen LogP contribution is 2.46. The van der Waals surface area contributed by atoms with Gasteiger partial charge in [-0.3, -0.25) is 9.78 Å². The van der Waals surface area contributed by atoms with Gasteiger partial charge >= 0.3 is 0 Å². The molecule has 0 unspecified atom stereocenters. The van der Waals surface area contributed by atoms with Gasteiger partial charge in [0.2, 0.25) is 0 Å². The molecule has 1 aromatic heterocycles. The summed E-state index contributed by atoms with van der Waals surface area (Å²) in [4.78, 5) is 18.1. The van der Waals surface area contributed by atoms with Crippen molar-refractivity contribution in [2.45, 2.75) is 38.2 Å². The van der Waals surface area contributed by atoms with E-state index in [1.165, 1.54) is 12.3 Å². The lowest BCUT2D eigenvalue weighted by atomic mass is 9.76. The molecule has 2 aliphatic rings. The van der Waals surface area contributed by atoms with E-state index in [0.29, 0.717) is 13.1 Å². The number of nitrogens with zero attached hydrogens (tertiary/aromatic N) is 2.